The molecular formula is C9H13NO3. The Hall–Kier alpha value is -1.16. The van der Waals surface area contributed by atoms with Gasteiger partial charge in [-0.1, -0.05) is 5.57 Å². The van der Waals surface area contributed by atoms with E-state index in [9.17, 15) is 9.59 Å². The molecule has 1 unspecified atom stereocenters. The van der Waals surface area contributed by atoms with E-state index in [1.165, 1.54) is 13.2 Å². The minimum absolute atomic E-state index is 0.334. The smallest absolute Gasteiger partial charge is 0.333 e. The van der Waals surface area contributed by atoms with Gasteiger partial charge in [0.05, 0.1) is 7.11 Å². The maximum absolute atomic E-state index is 11.4. The summed E-state index contributed by atoms with van der Waals surface area (Å²) in [6, 6.07) is 0. The first-order valence-corrected chi connectivity index (χ1v) is 4.09. The molecule has 1 aliphatic rings. The van der Waals surface area contributed by atoms with Crippen molar-refractivity contribution in [3.05, 3.63) is 11.6 Å². The van der Waals surface area contributed by atoms with Crippen molar-refractivity contribution in [3.8, 4) is 0 Å². The van der Waals surface area contributed by atoms with Gasteiger partial charge in [0.15, 0.2) is 11.3 Å². The molecule has 0 aliphatic heterocycles. The Labute approximate surface area is 76.7 Å². The van der Waals surface area contributed by atoms with Crippen molar-refractivity contribution in [3.63, 3.8) is 0 Å². The SMILES string of the molecule is COC(=O)C1(N)CCC(C)=CC1=O. The van der Waals surface area contributed by atoms with Crippen molar-refractivity contribution in [1.29, 1.82) is 0 Å². The van der Waals surface area contributed by atoms with Crippen LogP contribution < -0.4 is 5.73 Å². The number of carbonyl (C=O) groups excluding carboxylic acids is 2. The molecule has 0 spiro atoms. The first kappa shape index (κ1) is 9.92. The molecule has 0 amide bonds. The van der Waals surface area contributed by atoms with Gasteiger partial charge in [-0.25, -0.2) is 4.79 Å². The highest BCUT2D eigenvalue weighted by Gasteiger charge is 2.43. The number of allylic oxidation sites excluding steroid dienone is 1. The maximum Gasteiger partial charge on any atom is 0.333 e. The van der Waals surface area contributed by atoms with Crippen LogP contribution in [0.4, 0.5) is 0 Å². The number of rotatable bonds is 1. The minimum atomic E-state index is -1.45. The standard InChI is InChI=1S/C9H13NO3/c1-6-3-4-9(10,7(11)5-6)8(12)13-2/h5H,3-4,10H2,1-2H3. The second-order valence-corrected chi connectivity index (χ2v) is 3.32. The van der Waals surface area contributed by atoms with Gasteiger partial charge in [0, 0.05) is 0 Å². The fourth-order valence-electron chi connectivity index (χ4n) is 1.33. The van der Waals surface area contributed by atoms with Gasteiger partial charge in [0.2, 0.25) is 0 Å². The third-order valence-electron chi connectivity index (χ3n) is 2.28. The van der Waals surface area contributed by atoms with Crippen LogP contribution in [0, 0.1) is 0 Å². The molecule has 4 heteroatoms. The van der Waals surface area contributed by atoms with Crippen molar-refractivity contribution in [2.75, 3.05) is 7.11 Å². The highest BCUT2D eigenvalue weighted by Crippen LogP contribution is 2.23. The van der Waals surface area contributed by atoms with Crippen LogP contribution in [-0.4, -0.2) is 24.4 Å². The second kappa shape index (κ2) is 3.30. The lowest BCUT2D eigenvalue weighted by molar-refractivity contribution is -0.150. The number of carbonyl (C=O) groups is 2. The van der Waals surface area contributed by atoms with E-state index in [4.69, 9.17) is 5.73 Å². The molecule has 0 radical (unpaired) electrons. The van der Waals surface area contributed by atoms with Crippen molar-refractivity contribution in [2.45, 2.75) is 25.3 Å². The highest BCUT2D eigenvalue weighted by atomic mass is 16.5. The Morgan fingerprint density at radius 2 is 2.31 bits per heavy atom. The number of hydrogen-bond acceptors (Lipinski definition) is 4. The van der Waals surface area contributed by atoms with E-state index in [1.54, 1.807) is 0 Å². The molecule has 0 aromatic heterocycles. The fourth-order valence-corrected chi connectivity index (χ4v) is 1.33. The summed E-state index contributed by atoms with van der Waals surface area (Å²) in [5.74, 6) is -1.01. The van der Waals surface area contributed by atoms with Gasteiger partial charge in [-0.2, -0.15) is 0 Å². The van der Waals surface area contributed by atoms with Crippen molar-refractivity contribution < 1.29 is 14.3 Å². The van der Waals surface area contributed by atoms with E-state index in [2.05, 4.69) is 4.74 Å². The summed E-state index contributed by atoms with van der Waals surface area (Å²) >= 11 is 0. The first-order chi connectivity index (χ1) is 6.00. The van der Waals surface area contributed by atoms with Gasteiger partial charge in [-0.15, -0.1) is 0 Å². The molecule has 0 saturated heterocycles. The summed E-state index contributed by atoms with van der Waals surface area (Å²) in [6.07, 6.45) is 2.42. The molecule has 1 rings (SSSR count). The number of ketones is 1. The quantitative estimate of drug-likeness (QED) is 0.464. The lowest BCUT2D eigenvalue weighted by Gasteiger charge is -2.27. The third kappa shape index (κ3) is 1.62. The maximum atomic E-state index is 11.4. The third-order valence-corrected chi connectivity index (χ3v) is 2.28. The summed E-state index contributed by atoms with van der Waals surface area (Å²) in [5, 5.41) is 0. The number of ether oxygens (including phenoxy) is 1. The molecule has 13 heavy (non-hydrogen) atoms. The fraction of sp³-hybridized carbons (Fsp3) is 0.556. The van der Waals surface area contributed by atoms with Crippen LogP contribution in [0.15, 0.2) is 11.6 Å². The molecule has 0 saturated carbocycles. The van der Waals surface area contributed by atoms with E-state index in [1.807, 2.05) is 6.92 Å². The predicted molar refractivity (Wildman–Crippen MR) is 46.9 cm³/mol. The summed E-state index contributed by atoms with van der Waals surface area (Å²) < 4.78 is 4.48. The van der Waals surface area contributed by atoms with E-state index in [0.717, 1.165) is 5.57 Å². The Kier molecular flexibility index (Phi) is 2.52. The molecule has 2 N–H and O–H groups in total. The lowest BCUT2D eigenvalue weighted by Crippen LogP contribution is -2.56. The highest BCUT2D eigenvalue weighted by molar-refractivity contribution is 6.14. The summed E-state index contributed by atoms with van der Waals surface area (Å²) in [7, 11) is 1.23. The monoisotopic (exact) mass is 183 g/mol. The van der Waals surface area contributed by atoms with Crippen LogP contribution in [-0.2, 0) is 14.3 Å². The van der Waals surface area contributed by atoms with Crippen molar-refractivity contribution in [1.82, 2.24) is 0 Å². The molecule has 0 heterocycles. The van der Waals surface area contributed by atoms with E-state index in [-0.39, 0.29) is 5.78 Å². The Morgan fingerprint density at radius 3 is 2.77 bits per heavy atom. The second-order valence-electron chi connectivity index (χ2n) is 3.32. The molecule has 0 fully saturated rings. The largest absolute Gasteiger partial charge is 0.467 e. The zero-order chi connectivity index (χ0) is 10.1. The zero-order valence-electron chi connectivity index (χ0n) is 7.79. The molecule has 4 nitrogen and oxygen atoms in total. The van der Waals surface area contributed by atoms with Gasteiger partial charge < -0.3 is 10.5 Å². The van der Waals surface area contributed by atoms with Crippen molar-refractivity contribution in [2.24, 2.45) is 5.73 Å². The number of nitrogens with two attached hydrogens (primary N) is 1. The Balaban J connectivity index is 2.94. The Morgan fingerprint density at radius 1 is 1.69 bits per heavy atom. The molecule has 1 aliphatic carbocycles. The molecule has 0 aromatic rings. The van der Waals surface area contributed by atoms with E-state index < -0.39 is 11.5 Å². The molecule has 72 valence electrons. The topological polar surface area (TPSA) is 69.4 Å². The van der Waals surface area contributed by atoms with Crippen LogP contribution in [0.2, 0.25) is 0 Å². The molecular weight excluding hydrogens is 170 g/mol. The molecule has 0 aromatic carbocycles. The van der Waals surface area contributed by atoms with Gasteiger partial charge in [0.1, 0.15) is 0 Å². The van der Waals surface area contributed by atoms with Crippen LogP contribution in [0.5, 0.6) is 0 Å². The number of methoxy groups -OCH3 is 1. The minimum Gasteiger partial charge on any atom is -0.467 e. The van der Waals surface area contributed by atoms with Crippen molar-refractivity contribution >= 4 is 11.8 Å². The van der Waals surface area contributed by atoms with Crippen LogP contribution in [0.1, 0.15) is 19.8 Å². The summed E-state index contributed by atoms with van der Waals surface area (Å²) in [6.45, 7) is 1.84. The summed E-state index contributed by atoms with van der Waals surface area (Å²) in [4.78, 5) is 22.6. The molecule has 1 atom stereocenters. The van der Waals surface area contributed by atoms with Gasteiger partial charge in [-0.05, 0) is 25.8 Å². The van der Waals surface area contributed by atoms with E-state index >= 15 is 0 Å². The normalized spacial score (nSPS) is 28.2. The lowest BCUT2D eigenvalue weighted by atomic mass is 9.82. The van der Waals surface area contributed by atoms with Crippen LogP contribution in [0.25, 0.3) is 0 Å². The Bertz CT molecular complexity index is 283. The van der Waals surface area contributed by atoms with Crippen LogP contribution in [0.3, 0.4) is 0 Å². The van der Waals surface area contributed by atoms with E-state index in [0.29, 0.717) is 12.8 Å². The summed E-state index contributed by atoms with van der Waals surface area (Å²) in [5.41, 5.74) is 5.15. The zero-order valence-corrected chi connectivity index (χ0v) is 7.79. The predicted octanol–water partition coefficient (Wildman–Crippen LogP) is 0.166. The number of esters is 1. The number of hydrogen-bond donors (Lipinski definition) is 1. The average molecular weight is 183 g/mol. The average Bonchev–Trinajstić information content (AvgIpc) is 2.11. The van der Waals surface area contributed by atoms with Gasteiger partial charge in [-0.3, -0.25) is 4.79 Å². The van der Waals surface area contributed by atoms with Gasteiger partial charge in [0.25, 0.3) is 0 Å². The first-order valence-electron chi connectivity index (χ1n) is 4.09. The molecule has 0 bridgehead atoms. The van der Waals surface area contributed by atoms with Gasteiger partial charge >= 0.3 is 5.97 Å². The van der Waals surface area contributed by atoms with Crippen LogP contribution >= 0.6 is 0 Å².